The van der Waals surface area contributed by atoms with Crippen LogP contribution in [0.2, 0.25) is 0 Å². The van der Waals surface area contributed by atoms with E-state index in [9.17, 15) is 8.42 Å². The van der Waals surface area contributed by atoms with E-state index in [1.54, 1.807) is 18.6 Å². The molecule has 0 spiro atoms. The van der Waals surface area contributed by atoms with E-state index in [1.807, 2.05) is 35.9 Å². The summed E-state index contributed by atoms with van der Waals surface area (Å²) in [7, 11) is -0.994. The van der Waals surface area contributed by atoms with Gasteiger partial charge in [-0.05, 0) is 37.5 Å². The maximum Gasteiger partial charge on any atom is 0.247 e. The molecule has 0 amide bonds. The van der Waals surface area contributed by atoms with Crippen molar-refractivity contribution in [1.82, 2.24) is 20.2 Å². The lowest BCUT2D eigenvalue weighted by Gasteiger charge is -2.27. The van der Waals surface area contributed by atoms with Gasteiger partial charge in [-0.1, -0.05) is 0 Å². The number of aromatic nitrogens is 4. The molecule has 140 valence electrons. The van der Waals surface area contributed by atoms with E-state index in [0.29, 0.717) is 18.9 Å². The van der Waals surface area contributed by atoms with Crippen LogP contribution in [0.1, 0.15) is 18.9 Å². The minimum Gasteiger partial charge on any atom is -0.358 e. The van der Waals surface area contributed by atoms with Crippen molar-refractivity contribution in [3.8, 4) is 0 Å². The third-order valence-corrected chi connectivity index (χ3v) is 6.41. The number of sulfone groups is 1. The van der Waals surface area contributed by atoms with Gasteiger partial charge >= 0.3 is 0 Å². The summed E-state index contributed by atoms with van der Waals surface area (Å²) in [4.78, 5) is 12.6. The third kappa shape index (κ3) is 4.46. The van der Waals surface area contributed by atoms with Crippen LogP contribution in [0.5, 0.6) is 0 Å². The van der Waals surface area contributed by atoms with Gasteiger partial charge in [-0.2, -0.15) is 10.1 Å². The van der Waals surface area contributed by atoms with Crippen LogP contribution in [0.15, 0.2) is 30.7 Å². The first-order valence-corrected chi connectivity index (χ1v) is 10.6. The van der Waals surface area contributed by atoms with Crippen molar-refractivity contribution in [2.75, 3.05) is 41.4 Å². The Bertz CT molecular complexity index is 830. The van der Waals surface area contributed by atoms with E-state index < -0.39 is 9.84 Å². The van der Waals surface area contributed by atoms with Gasteiger partial charge in [0, 0.05) is 38.6 Å². The lowest BCUT2D eigenvalue weighted by molar-refractivity contribution is 0.598. The number of hydrogen-bond acceptors (Lipinski definition) is 8. The molecular weight excluding hydrogens is 352 g/mol. The summed E-state index contributed by atoms with van der Waals surface area (Å²) in [5.41, 5.74) is 1.21. The van der Waals surface area contributed by atoms with Crippen LogP contribution in [-0.4, -0.2) is 66.3 Å². The van der Waals surface area contributed by atoms with E-state index >= 15 is 0 Å². The normalized spacial score (nSPS) is 18.6. The summed E-state index contributed by atoms with van der Waals surface area (Å²) < 4.78 is 23.6. The van der Waals surface area contributed by atoms with Crippen LogP contribution in [0.4, 0.5) is 11.8 Å². The van der Waals surface area contributed by atoms with Crippen LogP contribution in [0, 0.1) is 0 Å². The maximum absolute atomic E-state index is 11.8. The fourth-order valence-electron chi connectivity index (χ4n) is 3.14. The van der Waals surface area contributed by atoms with E-state index in [0.717, 1.165) is 18.8 Å². The highest BCUT2D eigenvalue weighted by Gasteiger charge is 2.33. The predicted octanol–water partition coefficient (Wildman–Crippen LogP) is 0.959. The van der Waals surface area contributed by atoms with Crippen molar-refractivity contribution in [3.63, 3.8) is 0 Å². The fourth-order valence-corrected chi connectivity index (χ4v) is 4.87. The van der Waals surface area contributed by atoms with Crippen LogP contribution < -0.4 is 9.80 Å². The Morgan fingerprint density at radius 2 is 2.04 bits per heavy atom. The van der Waals surface area contributed by atoms with E-state index in [-0.39, 0.29) is 17.5 Å². The molecule has 1 fully saturated rings. The third-order valence-electron chi connectivity index (χ3n) is 4.66. The highest BCUT2D eigenvalue weighted by atomic mass is 32.2. The predicted molar refractivity (Wildman–Crippen MR) is 101 cm³/mol. The molecule has 1 atom stereocenters. The molecule has 1 unspecified atom stereocenters. The summed E-state index contributed by atoms with van der Waals surface area (Å²) in [6.45, 7) is 3.41. The minimum absolute atomic E-state index is 0.0795. The number of nitrogens with zero attached hydrogens (tertiary/aromatic N) is 6. The molecule has 0 aliphatic carbocycles. The van der Waals surface area contributed by atoms with Gasteiger partial charge in [0.1, 0.15) is 0 Å². The lowest BCUT2D eigenvalue weighted by atomic mass is 10.2. The molecule has 2 aromatic rings. The molecule has 3 rings (SSSR count). The standard InChI is InChI=1S/C17H24N6O2S/c1-3-23(15-7-11-26(24,25)13-15)17-20-16(12-19-21-17)22(2)10-6-14-4-8-18-9-5-14/h4-5,8-9,12,15H,3,6-7,10-11,13H2,1-2H3. The quantitative estimate of drug-likeness (QED) is 0.705. The van der Waals surface area contributed by atoms with E-state index in [4.69, 9.17) is 0 Å². The van der Waals surface area contributed by atoms with Gasteiger partial charge in [-0.15, -0.1) is 5.10 Å². The highest BCUT2D eigenvalue weighted by molar-refractivity contribution is 7.91. The van der Waals surface area contributed by atoms with Crippen molar-refractivity contribution in [2.24, 2.45) is 0 Å². The lowest BCUT2D eigenvalue weighted by Crippen LogP contribution is -2.38. The molecule has 0 bridgehead atoms. The first-order chi connectivity index (χ1) is 12.5. The second-order valence-corrected chi connectivity index (χ2v) is 8.71. The zero-order valence-electron chi connectivity index (χ0n) is 15.1. The Balaban J connectivity index is 1.70. The molecular formula is C17H24N6O2S. The van der Waals surface area contributed by atoms with Crippen molar-refractivity contribution in [2.45, 2.75) is 25.8 Å². The average Bonchev–Trinajstić information content (AvgIpc) is 3.01. The van der Waals surface area contributed by atoms with Crippen LogP contribution >= 0.6 is 0 Å². The van der Waals surface area contributed by atoms with Crippen molar-refractivity contribution >= 4 is 21.6 Å². The second kappa shape index (κ2) is 7.94. The number of hydrogen-bond donors (Lipinski definition) is 0. The van der Waals surface area contributed by atoms with E-state index in [1.165, 1.54) is 5.56 Å². The fraction of sp³-hybridized carbons (Fsp3) is 0.529. The Hall–Kier alpha value is -2.29. The van der Waals surface area contributed by atoms with Gasteiger partial charge in [-0.3, -0.25) is 4.98 Å². The Labute approximate surface area is 154 Å². The molecule has 9 heteroatoms. The summed E-state index contributed by atoms with van der Waals surface area (Å²) in [5, 5.41) is 8.22. The van der Waals surface area contributed by atoms with Crippen molar-refractivity contribution in [3.05, 3.63) is 36.3 Å². The SMILES string of the molecule is CCN(c1nncc(N(C)CCc2ccncc2)n1)C1CCS(=O)(=O)C1. The van der Waals surface area contributed by atoms with Gasteiger partial charge in [0.2, 0.25) is 5.95 Å². The van der Waals surface area contributed by atoms with Gasteiger partial charge in [0.05, 0.1) is 17.7 Å². The molecule has 2 aromatic heterocycles. The molecule has 8 nitrogen and oxygen atoms in total. The zero-order valence-corrected chi connectivity index (χ0v) is 15.9. The number of anilines is 2. The number of likely N-dealkylation sites (N-methyl/N-ethyl adjacent to an activating group) is 1. The van der Waals surface area contributed by atoms with Crippen LogP contribution in [0.25, 0.3) is 0 Å². The Morgan fingerprint density at radius 1 is 1.27 bits per heavy atom. The monoisotopic (exact) mass is 376 g/mol. The van der Waals surface area contributed by atoms with Gasteiger partial charge in [-0.25, -0.2) is 8.42 Å². The average molecular weight is 376 g/mol. The Kier molecular flexibility index (Phi) is 5.65. The minimum atomic E-state index is -2.96. The molecule has 26 heavy (non-hydrogen) atoms. The molecule has 0 saturated carbocycles. The van der Waals surface area contributed by atoms with Crippen LogP contribution in [-0.2, 0) is 16.3 Å². The summed E-state index contributed by atoms with van der Waals surface area (Å²) in [6.07, 6.45) is 6.69. The second-order valence-electron chi connectivity index (χ2n) is 6.48. The molecule has 1 aliphatic heterocycles. The van der Waals surface area contributed by atoms with Crippen molar-refractivity contribution in [1.29, 1.82) is 0 Å². The molecule has 3 heterocycles. The smallest absolute Gasteiger partial charge is 0.247 e. The zero-order chi connectivity index (χ0) is 18.6. The topological polar surface area (TPSA) is 92.2 Å². The summed E-state index contributed by atoms with van der Waals surface area (Å²) in [5.74, 6) is 1.60. The number of pyridine rings is 1. The molecule has 0 radical (unpaired) electrons. The van der Waals surface area contributed by atoms with Gasteiger partial charge in [0.15, 0.2) is 15.7 Å². The first kappa shape index (κ1) is 18.5. The molecule has 1 aliphatic rings. The highest BCUT2D eigenvalue weighted by Crippen LogP contribution is 2.22. The maximum atomic E-state index is 11.8. The molecule has 0 N–H and O–H groups in total. The van der Waals surface area contributed by atoms with Crippen LogP contribution in [0.3, 0.4) is 0 Å². The first-order valence-electron chi connectivity index (χ1n) is 8.75. The molecule has 0 aromatic carbocycles. The van der Waals surface area contributed by atoms with Gasteiger partial charge < -0.3 is 9.80 Å². The van der Waals surface area contributed by atoms with Gasteiger partial charge in [0.25, 0.3) is 0 Å². The van der Waals surface area contributed by atoms with E-state index in [2.05, 4.69) is 20.2 Å². The molecule has 1 saturated heterocycles. The largest absolute Gasteiger partial charge is 0.358 e. The summed E-state index contributed by atoms with van der Waals surface area (Å²) >= 11 is 0. The number of rotatable bonds is 7. The summed E-state index contributed by atoms with van der Waals surface area (Å²) in [6, 6.07) is 3.91. The van der Waals surface area contributed by atoms with Crippen molar-refractivity contribution < 1.29 is 8.42 Å². The Morgan fingerprint density at radius 3 is 2.69 bits per heavy atom.